The minimum absolute atomic E-state index is 0.405. The topological polar surface area (TPSA) is 30.7 Å². The van der Waals surface area contributed by atoms with Crippen LogP contribution < -0.4 is 0 Å². The van der Waals surface area contributed by atoms with Gasteiger partial charge in [-0.15, -0.1) is 0 Å². The summed E-state index contributed by atoms with van der Waals surface area (Å²) >= 11 is 4.95. The van der Waals surface area contributed by atoms with E-state index >= 15 is 0 Å². The Kier molecular flexibility index (Phi) is 5.25. The number of halogens is 4. The standard InChI is InChI=1S/C18H17BrF3N3S/c1-10(2)8-15-16(12-4-6-13(7-5-12)18(20,21)22)23-17(26-15)25-9-14(19)11(3)24-25/h4-7,9-10H,8H2,1-3H3. The number of aromatic nitrogens is 3. The van der Waals surface area contributed by atoms with E-state index < -0.39 is 11.7 Å². The van der Waals surface area contributed by atoms with E-state index in [0.717, 1.165) is 39.3 Å². The quantitative estimate of drug-likeness (QED) is 0.474. The van der Waals surface area contributed by atoms with Crippen LogP contribution in [0.15, 0.2) is 34.9 Å². The second kappa shape index (κ2) is 7.15. The summed E-state index contributed by atoms with van der Waals surface area (Å²) in [5.74, 6) is 0.405. The van der Waals surface area contributed by atoms with Crippen molar-refractivity contribution in [1.82, 2.24) is 14.8 Å². The lowest BCUT2D eigenvalue weighted by atomic mass is 10.0. The van der Waals surface area contributed by atoms with Crippen molar-refractivity contribution in [2.45, 2.75) is 33.4 Å². The second-order valence-electron chi connectivity index (χ2n) is 6.45. The Morgan fingerprint density at radius 1 is 1.19 bits per heavy atom. The highest BCUT2D eigenvalue weighted by molar-refractivity contribution is 9.10. The van der Waals surface area contributed by atoms with E-state index in [4.69, 9.17) is 0 Å². The Balaban J connectivity index is 2.04. The zero-order valence-electron chi connectivity index (χ0n) is 14.4. The molecule has 0 amide bonds. The predicted octanol–water partition coefficient (Wildman–Crippen LogP) is 6.28. The maximum atomic E-state index is 12.8. The molecule has 3 rings (SSSR count). The first kappa shape index (κ1) is 19.1. The molecule has 0 spiro atoms. The van der Waals surface area contributed by atoms with Crippen LogP contribution in [0.1, 0.15) is 30.0 Å². The van der Waals surface area contributed by atoms with Crippen LogP contribution in [0.25, 0.3) is 16.4 Å². The monoisotopic (exact) mass is 443 g/mol. The van der Waals surface area contributed by atoms with Crippen LogP contribution in [0.2, 0.25) is 0 Å². The van der Waals surface area contributed by atoms with Gasteiger partial charge in [-0.25, -0.2) is 9.67 Å². The summed E-state index contributed by atoms with van der Waals surface area (Å²) in [5.41, 5.74) is 1.59. The predicted molar refractivity (Wildman–Crippen MR) is 101 cm³/mol. The van der Waals surface area contributed by atoms with Crippen molar-refractivity contribution in [2.24, 2.45) is 5.92 Å². The molecule has 2 heterocycles. The Morgan fingerprint density at radius 2 is 1.85 bits per heavy atom. The number of nitrogens with zero attached hydrogens (tertiary/aromatic N) is 3. The molecule has 1 aromatic carbocycles. The Labute approximate surface area is 162 Å². The number of rotatable bonds is 4. The second-order valence-corrected chi connectivity index (χ2v) is 8.36. The first-order chi connectivity index (χ1) is 12.1. The summed E-state index contributed by atoms with van der Waals surface area (Å²) in [6, 6.07) is 5.16. The van der Waals surface area contributed by atoms with E-state index in [2.05, 4.69) is 39.9 Å². The number of thiazole rings is 1. The maximum absolute atomic E-state index is 12.8. The van der Waals surface area contributed by atoms with Crippen LogP contribution in [-0.2, 0) is 12.6 Å². The number of alkyl halides is 3. The van der Waals surface area contributed by atoms with Crippen LogP contribution in [0.5, 0.6) is 0 Å². The summed E-state index contributed by atoms with van der Waals surface area (Å²) in [6.07, 6.45) is -1.70. The first-order valence-electron chi connectivity index (χ1n) is 8.04. The largest absolute Gasteiger partial charge is 0.416 e. The van der Waals surface area contributed by atoms with Crippen molar-refractivity contribution in [2.75, 3.05) is 0 Å². The molecule has 0 aliphatic heterocycles. The van der Waals surface area contributed by atoms with Gasteiger partial charge in [-0.2, -0.15) is 18.3 Å². The molecular weight excluding hydrogens is 427 g/mol. The smallest absolute Gasteiger partial charge is 0.218 e. The van der Waals surface area contributed by atoms with E-state index in [-0.39, 0.29) is 0 Å². The molecule has 0 saturated heterocycles. The summed E-state index contributed by atoms with van der Waals surface area (Å²) in [7, 11) is 0. The van der Waals surface area contributed by atoms with Gasteiger partial charge in [-0.1, -0.05) is 37.3 Å². The van der Waals surface area contributed by atoms with Crippen LogP contribution in [0.4, 0.5) is 13.2 Å². The molecule has 0 aliphatic carbocycles. The molecular formula is C18H17BrF3N3S. The van der Waals surface area contributed by atoms with Gasteiger partial charge in [-0.3, -0.25) is 0 Å². The lowest BCUT2D eigenvalue weighted by molar-refractivity contribution is -0.137. The fraction of sp³-hybridized carbons (Fsp3) is 0.333. The minimum atomic E-state index is -4.34. The van der Waals surface area contributed by atoms with E-state index in [1.807, 2.05) is 13.1 Å². The van der Waals surface area contributed by atoms with Crippen molar-refractivity contribution in [3.8, 4) is 16.4 Å². The maximum Gasteiger partial charge on any atom is 0.416 e. The molecule has 138 valence electrons. The number of benzene rings is 1. The summed E-state index contributed by atoms with van der Waals surface area (Å²) < 4.78 is 41.0. The van der Waals surface area contributed by atoms with Crippen LogP contribution >= 0.6 is 27.3 Å². The Bertz CT molecular complexity index is 891. The molecule has 0 atom stereocenters. The van der Waals surface area contributed by atoms with Gasteiger partial charge in [-0.05, 0) is 47.3 Å². The number of hydrogen-bond acceptors (Lipinski definition) is 3. The van der Waals surface area contributed by atoms with E-state index in [1.54, 1.807) is 4.68 Å². The van der Waals surface area contributed by atoms with Crippen molar-refractivity contribution >= 4 is 27.3 Å². The van der Waals surface area contributed by atoms with Gasteiger partial charge in [0.05, 0.1) is 21.4 Å². The molecule has 3 aromatic rings. The normalized spacial score (nSPS) is 12.2. The molecule has 0 N–H and O–H groups in total. The third-order valence-electron chi connectivity index (χ3n) is 3.80. The molecule has 8 heteroatoms. The lowest BCUT2D eigenvalue weighted by Crippen LogP contribution is -2.04. The molecule has 0 fully saturated rings. The van der Waals surface area contributed by atoms with Crippen LogP contribution in [0.3, 0.4) is 0 Å². The molecule has 2 aromatic heterocycles. The van der Waals surface area contributed by atoms with Crippen molar-refractivity contribution in [3.63, 3.8) is 0 Å². The Morgan fingerprint density at radius 3 is 2.35 bits per heavy atom. The molecule has 0 radical (unpaired) electrons. The third kappa shape index (κ3) is 4.01. The van der Waals surface area contributed by atoms with E-state index in [1.165, 1.54) is 23.5 Å². The average Bonchev–Trinajstić information content (AvgIpc) is 3.10. The van der Waals surface area contributed by atoms with Gasteiger partial charge >= 0.3 is 6.18 Å². The lowest BCUT2D eigenvalue weighted by Gasteiger charge is -2.08. The van der Waals surface area contributed by atoms with Gasteiger partial charge in [0.25, 0.3) is 0 Å². The van der Waals surface area contributed by atoms with Crippen molar-refractivity contribution in [3.05, 3.63) is 51.1 Å². The highest BCUT2D eigenvalue weighted by atomic mass is 79.9. The molecule has 0 unspecified atom stereocenters. The SMILES string of the molecule is Cc1nn(-c2nc(-c3ccc(C(F)(F)F)cc3)c(CC(C)C)s2)cc1Br. The van der Waals surface area contributed by atoms with Gasteiger partial charge < -0.3 is 0 Å². The number of aryl methyl sites for hydroxylation is 1. The van der Waals surface area contributed by atoms with Crippen LogP contribution in [-0.4, -0.2) is 14.8 Å². The molecule has 0 aliphatic rings. The molecule has 0 saturated carbocycles. The van der Waals surface area contributed by atoms with E-state index in [0.29, 0.717) is 16.6 Å². The fourth-order valence-corrected chi connectivity index (χ4v) is 4.02. The zero-order chi connectivity index (χ0) is 19.1. The highest BCUT2D eigenvalue weighted by Crippen LogP contribution is 2.35. The summed E-state index contributed by atoms with van der Waals surface area (Å²) in [4.78, 5) is 5.71. The third-order valence-corrected chi connectivity index (χ3v) is 5.65. The summed E-state index contributed by atoms with van der Waals surface area (Å²) in [6.45, 7) is 6.09. The van der Waals surface area contributed by atoms with Crippen LogP contribution in [0, 0.1) is 12.8 Å². The Hall–Kier alpha value is -1.67. The van der Waals surface area contributed by atoms with Gasteiger partial charge in [0.15, 0.2) is 0 Å². The van der Waals surface area contributed by atoms with Gasteiger partial charge in [0.1, 0.15) is 0 Å². The highest BCUT2D eigenvalue weighted by Gasteiger charge is 2.30. The molecule has 26 heavy (non-hydrogen) atoms. The molecule has 0 bridgehead atoms. The van der Waals surface area contributed by atoms with Gasteiger partial charge in [0, 0.05) is 16.6 Å². The number of hydrogen-bond donors (Lipinski definition) is 0. The molecule has 3 nitrogen and oxygen atoms in total. The zero-order valence-corrected chi connectivity index (χ0v) is 16.8. The average molecular weight is 444 g/mol. The fourth-order valence-electron chi connectivity index (χ4n) is 2.53. The van der Waals surface area contributed by atoms with Gasteiger partial charge in [0.2, 0.25) is 5.13 Å². The van der Waals surface area contributed by atoms with E-state index in [9.17, 15) is 13.2 Å². The summed E-state index contributed by atoms with van der Waals surface area (Å²) in [5, 5.41) is 5.12. The van der Waals surface area contributed by atoms with Crippen molar-refractivity contribution in [1.29, 1.82) is 0 Å². The minimum Gasteiger partial charge on any atom is -0.218 e. The first-order valence-corrected chi connectivity index (χ1v) is 9.65. The van der Waals surface area contributed by atoms with Crippen molar-refractivity contribution < 1.29 is 13.2 Å².